The number of carbonyl (C=O) groups excluding carboxylic acids is 1. The lowest BCUT2D eigenvalue weighted by Gasteiger charge is -2.34. The Kier molecular flexibility index (Phi) is 5.35. The highest BCUT2D eigenvalue weighted by Crippen LogP contribution is 2.30. The summed E-state index contributed by atoms with van der Waals surface area (Å²) in [4.78, 5) is 19.6. The van der Waals surface area contributed by atoms with E-state index in [0.29, 0.717) is 11.6 Å². The number of furan rings is 1. The van der Waals surface area contributed by atoms with Crippen LogP contribution in [0.2, 0.25) is 0 Å². The van der Waals surface area contributed by atoms with E-state index in [1.54, 1.807) is 6.26 Å². The smallest absolute Gasteiger partial charge is 0.230 e. The van der Waals surface area contributed by atoms with Crippen molar-refractivity contribution in [3.8, 4) is 0 Å². The number of morpholine rings is 1. The van der Waals surface area contributed by atoms with Crippen LogP contribution in [-0.2, 0) is 35.3 Å². The maximum Gasteiger partial charge on any atom is 0.230 e. The molecule has 2 aromatic heterocycles. The van der Waals surface area contributed by atoms with Crippen molar-refractivity contribution >= 4 is 33.3 Å². The second kappa shape index (κ2) is 8.13. The molecule has 2 aliphatic rings. The Labute approximate surface area is 180 Å². The van der Waals surface area contributed by atoms with E-state index in [1.807, 2.05) is 5.38 Å². The molecule has 0 spiro atoms. The van der Waals surface area contributed by atoms with Crippen molar-refractivity contribution in [2.24, 2.45) is 0 Å². The van der Waals surface area contributed by atoms with Gasteiger partial charge in [-0.15, -0.1) is 11.3 Å². The van der Waals surface area contributed by atoms with Gasteiger partial charge in [0.2, 0.25) is 5.91 Å². The molecule has 1 fully saturated rings. The average Bonchev–Trinajstić information content (AvgIpc) is 3.40. The lowest BCUT2D eigenvalue weighted by Crippen LogP contribution is -2.44. The third kappa shape index (κ3) is 4.15. The molecule has 2 atom stereocenters. The molecule has 0 saturated carbocycles. The first-order valence-corrected chi connectivity index (χ1v) is 11.6. The summed E-state index contributed by atoms with van der Waals surface area (Å²) >= 11 is 1.48. The molecule has 3 heterocycles. The molecule has 30 heavy (non-hydrogen) atoms. The van der Waals surface area contributed by atoms with Crippen molar-refractivity contribution < 1.29 is 13.9 Å². The summed E-state index contributed by atoms with van der Waals surface area (Å²) in [6.45, 7) is 6.79. The van der Waals surface area contributed by atoms with Crippen molar-refractivity contribution in [2.75, 3.05) is 18.4 Å². The summed E-state index contributed by atoms with van der Waals surface area (Å²) in [5, 5.41) is 6.69. The fourth-order valence-electron chi connectivity index (χ4n) is 4.70. The standard InChI is InChI=1S/C23H27N3O3S/c1-14-9-26(10-15(2)29-14)11-19-13-30-23(24-19)25-22(27)8-18-12-28-21-7-17-5-3-4-16(17)6-20(18)21/h6-7,12-15H,3-5,8-11H2,1-2H3,(H,24,25,27). The van der Waals surface area contributed by atoms with E-state index in [2.05, 4.69) is 41.2 Å². The van der Waals surface area contributed by atoms with Gasteiger partial charge in [-0.25, -0.2) is 4.98 Å². The highest BCUT2D eigenvalue weighted by atomic mass is 32.1. The van der Waals surface area contributed by atoms with Gasteiger partial charge in [-0.3, -0.25) is 9.69 Å². The summed E-state index contributed by atoms with van der Waals surface area (Å²) in [5.41, 5.74) is 5.57. The van der Waals surface area contributed by atoms with Crippen LogP contribution in [0.1, 0.15) is 42.7 Å². The zero-order valence-electron chi connectivity index (χ0n) is 17.4. The van der Waals surface area contributed by atoms with Gasteiger partial charge in [-0.05, 0) is 56.4 Å². The van der Waals surface area contributed by atoms with Crippen molar-refractivity contribution in [3.63, 3.8) is 0 Å². The zero-order chi connectivity index (χ0) is 20.7. The van der Waals surface area contributed by atoms with Crippen molar-refractivity contribution in [2.45, 2.75) is 58.3 Å². The van der Waals surface area contributed by atoms with E-state index < -0.39 is 0 Å². The van der Waals surface area contributed by atoms with Crippen LogP contribution < -0.4 is 5.32 Å². The lowest BCUT2D eigenvalue weighted by molar-refractivity contribution is -0.115. The van der Waals surface area contributed by atoms with Crippen LogP contribution in [0.5, 0.6) is 0 Å². The minimum Gasteiger partial charge on any atom is -0.464 e. The fraction of sp³-hybridized carbons (Fsp3) is 0.478. The zero-order valence-corrected chi connectivity index (χ0v) is 18.3. The normalized spacial score (nSPS) is 21.8. The number of ether oxygens (including phenoxy) is 1. The highest BCUT2D eigenvalue weighted by Gasteiger charge is 2.23. The van der Waals surface area contributed by atoms with E-state index in [9.17, 15) is 4.79 Å². The third-order valence-electron chi connectivity index (χ3n) is 5.90. The van der Waals surface area contributed by atoms with Crippen LogP contribution in [0.4, 0.5) is 5.13 Å². The number of nitrogens with one attached hydrogen (secondary N) is 1. The number of aryl methyl sites for hydroxylation is 2. The number of hydrogen-bond acceptors (Lipinski definition) is 6. The molecule has 1 saturated heterocycles. The molecule has 1 amide bonds. The quantitative estimate of drug-likeness (QED) is 0.665. The van der Waals surface area contributed by atoms with Gasteiger partial charge in [-0.1, -0.05) is 0 Å². The number of aromatic nitrogens is 1. The lowest BCUT2D eigenvalue weighted by atomic mass is 10.0. The summed E-state index contributed by atoms with van der Waals surface area (Å²) in [5.74, 6) is -0.0623. The van der Waals surface area contributed by atoms with Crippen LogP contribution in [0.15, 0.2) is 28.2 Å². The van der Waals surface area contributed by atoms with Crippen molar-refractivity contribution in [3.05, 3.63) is 46.2 Å². The monoisotopic (exact) mass is 425 g/mol. The highest BCUT2D eigenvalue weighted by molar-refractivity contribution is 7.13. The van der Waals surface area contributed by atoms with Crippen molar-refractivity contribution in [1.82, 2.24) is 9.88 Å². The molecule has 0 bridgehead atoms. The number of amides is 1. The molecule has 158 valence electrons. The fourth-order valence-corrected chi connectivity index (χ4v) is 5.42. The predicted molar refractivity (Wildman–Crippen MR) is 118 cm³/mol. The van der Waals surface area contributed by atoms with E-state index in [0.717, 1.165) is 54.7 Å². The van der Waals surface area contributed by atoms with Gasteiger partial charge in [0, 0.05) is 36.0 Å². The Morgan fingerprint density at radius 1 is 1.23 bits per heavy atom. The molecule has 1 aliphatic carbocycles. The van der Waals surface area contributed by atoms with Gasteiger partial charge in [0.05, 0.1) is 30.6 Å². The van der Waals surface area contributed by atoms with Crippen LogP contribution in [0.25, 0.3) is 11.0 Å². The first-order valence-electron chi connectivity index (χ1n) is 10.7. The van der Waals surface area contributed by atoms with E-state index >= 15 is 0 Å². The molecular weight excluding hydrogens is 398 g/mol. The number of benzene rings is 1. The van der Waals surface area contributed by atoms with E-state index in [-0.39, 0.29) is 18.1 Å². The summed E-state index contributed by atoms with van der Waals surface area (Å²) in [6, 6.07) is 4.34. The third-order valence-corrected chi connectivity index (χ3v) is 6.70. The van der Waals surface area contributed by atoms with Crippen LogP contribution in [-0.4, -0.2) is 41.1 Å². The first-order chi connectivity index (χ1) is 14.5. The molecule has 2 unspecified atom stereocenters. The summed E-state index contributed by atoms with van der Waals surface area (Å²) in [7, 11) is 0. The number of nitrogens with zero attached hydrogens (tertiary/aromatic N) is 2. The van der Waals surface area contributed by atoms with Crippen molar-refractivity contribution in [1.29, 1.82) is 0 Å². The molecule has 1 aliphatic heterocycles. The summed E-state index contributed by atoms with van der Waals surface area (Å²) < 4.78 is 11.5. The Hall–Kier alpha value is -2.22. The van der Waals surface area contributed by atoms with Crippen LogP contribution in [0, 0.1) is 0 Å². The number of thiazole rings is 1. The molecule has 6 nitrogen and oxygen atoms in total. The minimum absolute atomic E-state index is 0.0623. The topological polar surface area (TPSA) is 67.6 Å². The molecular formula is C23H27N3O3S. The van der Waals surface area contributed by atoms with Gasteiger partial charge < -0.3 is 14.5 Å². The Balaban J connectivity index is 1.22. The second-order valence-electron chi connectivity index (χ2n) is 8.55. The minimum atomic E-state index is -0.0623. The van der Waals surface area contributed by atoms with Gasteiger partial charge in [0.15, 0.2) is 5.13 Å². The summed E-state index contributed by atoms with van der Waals surface area (Å²) in [6.07, 6.45) is 5.91. The number of hydrogen-bond donors (Lipinski definition) is 1. The Morgan fingerprint density at radius 3 is 2.80 bits per heavy atom. The largest absolute Gasteiger partial charge is 0.464 e. The Morgan fingerprint density at radius 2 is 2.00 bits per heavy atom. The number of rotatable bonds is 5. The molecule has 1 aromatic carbocycles. The SMILES string of the molecule is CC1CN(Cc2csc(NC(=O)Cc3coc4cc5c(cc34)CCC5)n2)CC(C)O1. The van der Waals surface area contributed by atoms with E-state index in [1.165, 1.54) is 28.9 Å². The molecule has 0 radical (unpaired) electrons. The Bertz CT molecular complexity index is 1060. The molecule has 3 aromatic rings. The average molecular weight is 426 g/mol. The number of fused-ring (bicyclic) bond motifs is 2. The van der Waals surface area contributed by atoms with Gasteiger partial charge in [0.25, 0.3) is 0 Å². The number of anilines is 1. The van der Waals surface area contributed by atoms with Crippen LogP contribution >= 0.6 is 11.3 Å². The van der Waals surface area contributed by atoms with Gasteiger partial charge >= 0.3 is 0 Å². The predicted octanol–water partition coefficient (Wildman–Crippen LogP) is 4.17. The van der Waals surface area contributed by atoms with E-state index in [4.69, 9.17) is 9.15 Å². The first kappa shape index (κ1) is 19.7. The maximum atomic E-state index is 12.6. The van der Waals surface area contributed by atoms with Gasteiger partial charge in [0.1, 0.15) is 5.58 Å². The molecule has 1 N–H and O–H groups in total. The second-order valence-corrected chi connectivity index (χ2v) is 9.41. The van der Waals surface area contributed by atoms with Crippen LogP contribution in [0.3, 0.4) is 0 Å². The number of carbonyl (C=O) groups is 1. The van der Waals surface area contributed by atoms with Gasteiger partial charge in [-0.2, -0.15) is 0 Å². The molecule has 7 heteroatoms. The molecule has 5 rings (SSSR count). The maximum absolute atomic E-state index is 12.6.